The van der Waals surface area contributed by atoms with Crippen LogP contribution in [0, 0.1) is 5.41 Å². The third-order valence-electron chi connectivity index (χ3n) is 4.71. The second kappa shape index (κ2) is 5.39. The minimum Gasteiger partial charge on any atom is -0.480 e. The molecule has 2 aliphatic rings. The summed E-state index contributed by atoms with van der Waals surface area (Å²) in [6.45, 7) is 2.82. The van der Waals surface area contributed by atoms with E-state index in [9.17, 15) is 14.7 Å². The van der Waals surface area contributed by atoms with Gasteiger partial charge in [-0.2, -0.15) is 0 Å². The lowest BCUT2D eigenvalue weighted by atomic mass is 9.89. The Morgan fingerprint density at radius 2 is 1.58 bits per heavy atom. The van der Waals surface area contributed by atoms with E-state index >= 15 is 0 Å². The molecule has 0 heterocycles. The van der Waals surface area contributed by atoms with E-state index in [1.54, 1.807) is 0 Å². The molecule has 0 atom stereocenters. The van der Waals surface area contributed by atoms with Gasteiger partial charge in [0, 0.05) is 6.54 Å². The summed E-state index contributed by atoms with van der Waals surface area (Å²) in [7, 11) is 0. The molecule has 0 radical (unpaired) electrons. The van der Waals surface area contributed by atoms with Crippen molar-refractivity contribution in [1.82, 2.24) is 10.6 Å². The van der Waals surface area contributed by atoms with E-state index in [1.165, 1.54) is 12.8 Å². The molecule has 5 nitrogen and oxygen atoms in total. The van der Waals surface area contributed by atoms with Crippen LogP contribution in [0.5, 0.6) is 0 Å². The zero-order valence-electron chi connectivity index (χ0n) is 11.6. The van der Waals surface area contributed by atoms with Gasteiger partial charge in [0.2, 0.25) is 0 Å². The number of carbonyl (C=O) groups excluding carboxylic acids is 1. The van der Waals surface area contributed by atoms with Crippen molar-refractivity contribution in [3.63, 3.8) is 0 Å². The van der Waals surface area contributed by atoms with Gasteiger partial charge in [-0.3, -0.25) is 0 Å². The Bertz CT molecular complexity index is 356. The number of amides is 2. The number of hydrogen-bond donors (Lipinski definition) is 3. The summed E-state index contributed by atoms with van der Waals surface area (Å²) in [6.07, 6.45) is 7.51. The smallest absolute Gasteiger partial charge is 0.329 e. The van der Waals surface area contributed by atoms with E-state index in [0.717, 1.165) is 25.7 Å². The molecule has 0 aromatic heterocycles. The van der Waals surface area contributed by atoms with Crippen molar-refractivity contribution < 1.29 is 14.7 Å². The lowest BCUT2D eigenvalue weighted by Gasteiger charge is -2.28. The maximum absolute atomic E-state index is 11.9. The predicted molar refractivity (Wildman–Crippen MR) is 71.9 cm³/mol. The molecule has 0 aromatic carbocycles. The van der Waals surface area contributed by atoms with Gasteiger partial charge in [-0.05, 0) is 31.1 Å². The molecule has 0 saturated heterocycles. The number of carbonyl (C=O) groups is 2. The normalized spacial score (nSPS) is 24.1. The number of carboxylic acid groups (broad SMARTS) is 1. The van der Waals surface area contributed by atoms with Crippen LogP contribution < -0.4 is 10.6 Å². The van der Waals surface area contributed by atoms with Crippen molar-refractivity contribution in [3.8, 4) is 0 Å². The molecule has 0 spiro atoms. The van der Waals surface area contributed by atoms with Crippen molar-refractivity contribution in [2.45, 2.75) is 63.8 Å². The fraction of sp³-hybridized carbons (Fsp3) is 0.857. The van der Waals surface area contributed by atoms with Gasteiger partial charge in [0.15, 0.2) is 0 Å². The minimum atomic E-state index is -1.04. The molecule has 2 aliphatic carbocycles. The Kier molecular flexibility index (Phi) is 4.02. The summed E-state index contributed by atoms with van der Waals surface area (Å²) >= 11 is 0. The quantitative estimate of drug-likeness (QED) is 0.731. The molecule has 3 N–H and O–H groups in total. The molecule has 2 fully saturated rings. The van der Waals surface area contributed by atoms with Gasteiger partial charge in [-0.25, -0.2) is 9.59 Å². The van der Waals surface area contributed by atoms with E-state index in [2.05, 4.69) is 17.6 Å². The number of aliphatic carboxylic acids is 1. The van der Waals surface area contributed by atoms with E-state index in [1.807, 2.05) is 0 Å². The number of rotatable bonds is 4. The van der Waals surface area contributed by atoms with Crippen molar-refractivity contribution in [3.05, 3.63) is 0 Å². The molecule has 108 valence electrons. The summed E-state index contributed by atoms with van der Waals surface area (Å²) in [5, 5.41) is 14.8. The first kappa shape index (κ1) is 14.2. The lowest BCUT2D eigenvalue weighted by molar-refractivity contribution is -0.144. The van der Waals surface area contributed by atoms with Crippen LogP contribution in [-0.4, -0.2) is 29.2 Å². The monoisotopic (exact) mass is 268 g/mol. The highest BCUT2D eigenvalue weighted by atomic mass is 16.4. The maximum atomic E-state index is 11.9. The molecule has 2 amide bonds. The average molecular weight is 268 g/mol. The summed E-state index contributed by atoms with van der Waals surface area (Å²) in [6, 6.07) is -0.336. The Labute approximate surface area is 114 Å². The second-order valence-corrected chi connectivity index (χ2v) is 6.42. The van der Waals surface area contributed by atoms with E-state index in [0.29, 0.717) is 19.4 Å². The second-order valence-electron chi connectivity index (χ2n) is 6.42. The molecule has 2 rings (SSSR count). The van der Waals surface area contributed by atoms with Gasteiger partial charge in [-0.15, -0.1) is 0 Å². The fourth-order valence-corrected chi connectivity index (χ4v) is 3.33. The van der Waals surface area contributed by atoms with Crippen LogP contribution in [0.2, 0.25) is 0 Å². The van der Waals surface area contributed by atoms with Gasteiger partial charge >= 0.3 is 12.0 Å². The topological polar surface area (TPSA) is 78.4 Å². The van der Waals surface area contributed by atoms with Crippen LogP contribution in [0.1, 0.15) is 58.3 Å². The van der Waals surface area contributed by atoms with Crippen molar-refractivity contribution in [2.24, 2.45) is 5.41 Å². The maximum Gasteiger partial charge on any atom is 0.329 e. The molecule has 0 aliphatic heterocycles. The van der Waals surface area contributed by atoms with E-state index < -0.39 is 11.5 Å². The predicted octanol–water partition coefficient (Wildman–Crippen LogP) is 2.26. The van der Waals surface area contributed by atoms with Gasteiger partial charge in [0.1, 0.15) is 5.54 Å². The van der Waals surface area contributed by atoms with Crippen LogP contribution in [0.25, 0.3) is 0 Å². The Hall–Kier alpha value is -1.26. The summed E-state index contributed by atoms with van der Waals surface area (Å²) in [5.74, 6) is -0.910. The number of urea groups is 1. The zero-order chi connectivity index (χ0) is 13.9. The third-order valence-corrected chi connectivity index (χ3v) is 4.71. The Balaban J connectivity index is 1.85. The van der Waals surface area contributed by atoms with Crippen LogP contribution >= 0.6 is 0 Å². The van der Waals surface area contributed by atoms with Gasteiger partial charge in [0.05, 0.1) is 0 Å². The highest BCUT2D eigenvalue weighted by molar-refractivity contribution is 5.86. The lowest BCUT2D eigenvalue weighted by Crippen LogP contribution is -2.56. The fourth-order valence-electron chi connectivity index (χ4n) is 3.33. The number of nitrogens with one attached hydrogen (secondary N) is 2. The van der Waals surface area contributed by atoms with Crippen molar-refractivity contribution in [2.75, 3.05) is 6.54 Å². The molecule has 5 heteroatoms. The van der Waals surface area contributed by atoms with Crippen LogP contribution in [0.3, 0.4) is 0 Å². The largest absolute Gasteiger partial charge is 0.480 e. The minimum absolute atomic E-state index is 0.184. The molecule has 0 aromatic rings. The Morgan fingerprint density at radius 3 is 2.11 bits per heavy atom. The molecule has 2 saturated carbocycles. The van der Waals surface area contributed by atoms with E-state index in [4.69, 9.17) is 0 Å². The first-order valence-corrected chi connectivity index (χ1v) is 7.25. The summed E-state index contributed by atoms with van der Waals surface area (Å²) < 4.78 is 0. The molecule has 0 bridgehead atoms. The number of carboxylic acids is 1. The molecular formula is C14H24N2O3. The highest BCUT2D eigenvalue weighted by Crippen LogP contribution is 2.36. The SMILES string of the molecule is CC1(CNC(=O)NC2(C(=O)O)CCCC2)CCCC1. The molecular weight excluding hydrogens is 244 g/mol. The molecule has 0 unspecified atom stereocenters. The number of hydrogen-bond acceptors (Lipinski definition) is 2. The van der Waals surface area contributed by atoms with Crippen LogP contribution in [0.15, 0.2) is 0 Å². The third kappa shape index (κ3) is 3.19. The first-order valence-electron chi connectivity index (χ1n) is 7.25. The first-order chi connectivity index (χ1) is 8.96. The Morgan fingerprint density at radius 1 is 1.05 bits per heavy atom. The van der Waals surface area contributed by atoms with Crippen molar-refractivity contribution >= 4 is 12.0 Å². The molecule has 19 heavy (non-hydrogen) atoms. The van der Waals surface area contributed by atoms with Gasteiger partial charge < -0.3 is 15.7 Å². The summed E-state index contributed by atoms with van der Waals surface area (Å²) in [5.41, 5.74) is -0.857. The van der Waals surface area contributed by atoms with Gasteiger partial charge in [-0.1, -0.05) is 32.6 Å². The van der Waals surface area contributed by atoms with Crippen LogP contribution in [0.4, 0.5) is 4.79 Å². The standard InChI is InChI=1S/C14H24N2O3/c1-13(6-2-3-7-13)10-15-12(19)16-14(11(17)18)8-4-5-9-14/h2-10H2,1H3,(H,17,18)(H2,15,16,19). The zero-order valence-corrected chi connectivity index (χ0v) is 11.6. The van der Waals surface area contributed by atoms with Crippen molar-refractivity contribution in [1.29, 1.82) is 0 Å². The highest BCUT2D eigenvalue weighted by Gasteiger charge is 2.42. The van der Waals surface area contributed by atoms with Gasteiger partial charge in [0.25, 0.3) is 0 Å². The van der Waals surface area contributed by atoms with E-state index in [-0.39, 0.29) is 11.4 Å². The van der Waals surface area contributed by atoms with Crippen LogP contribution in [-0.2, 0) is 4.79 Å². The summed E-state index contributed by atoms with van der Waals surface area (Å²) in [4.78, 5) is 23.3. The average Bonchev–Trinajstić information content (AvgIpc) is 2.98.